The molecular formula is C31H39NO4. The second-order valence-corrected chi connectivity index (χ2v) is 10.3. The molecule has 2 aliphatic heterocycles. The number of hydrogen-bond acceptors (Lipinski definition) is 4. The minimum absolute atomic E-state index is 0.00966. The van der Waals surface area contributed by atoms with Gasteiger partial charge in [0.05, 0.1) is 0 Å². The van der Waals surface area contributed by atoms with Crippen molar-refractivity contribution in [3.05, 3.63) is 71.0 Å². The van der Waals surface area contributed by atoms with Gasteiger partial charge in [-0.15, -0.1) is 0 Å². The van der Waals surface area contributed by atoms with E-state index in [0.29, 0.717) is 18.8 Å². The number of amides is 1. The summed E-state index contributed by atoms with van der Waals surface area (Å²) in [5, 5.41) is 9.60. The number of rotatable bonds is 7. The number of ether oxygens (including phenoxy) is 2. The molecule has 3 aliphatic rings. The number of aliphatic hydroxyl groups is 1. The average Bonchev–Trinajstić information content (AvgIpc) is 3.25. The molecule has 1 saturated heterocycles. The number of fused-ring (bicyclic) bond motifs is 3. The van der Waals surface area contributed by atoms with Crippen molar-refractivity contribution in [1.29, 1.82) is 0 Å². The van der Waals surface area contributed by atoms with Crippen LogP contribution < -0.4 is 0 Å². The molecule has 0 aromatic heterocycles. The lowest BCUT2D eigenvalue weighted by Gasteiger charge is -2.38. The van der Waals surface area contributed by atoms with E-state index in [-0.39, 0.29) is 24.3 Å². The zero-order chi connectivity index (χ0) is 24.9. The lowest BCUT2D eigenvalue weighted by atomic mass is 9.79. The zero-order valence-corrected chi connectivity index (χ0v) is 21.5. The van der Waals surface area contributed by atoms with E-state index < -0.39 is 6.29 Å². The van der Waals surface area contributed by atoms with Crippen molar-refractivity contribution >= 4 is 5.91 Å². The fraction of sp³-hybridized carbons (Fsp3) is 0.516. The molecule has 2 aromatic rings. The van der Waals surface area contributed by atoms with Crippen molar-refractivity contribution in [3.63, 3.8) is 0 Å². The minimum atomic E-state index is -0.504. The van der Waals surface area contributed by atoms with E-state index in [1.165, 1.54) is 47.1 Å². The Morgan fingerprint density at radius 3 is 2.56 bits per heavy atom. The lowest BCUT2D eigenvalue weighted by molar-refractivity contribution is -0.170. The molecule has 1 aliphatic carbocycles. The number of nitrogens with zero attached hydrogens (tertiary/aromatic N) is 1. The van der Waals surface area contributed by atoms with Crippen LogP contribution in [0.1, 0.15) is 74.5 Å². The van der Waals surface area contributed by atoms with E-state index in [1.807, 2.05) is 17.9 Å². The second kappa shape index (κ2) is 11.6. The summed E-state index contributed by atoms with van der Waals surface area (Å²) in [5.74, 6) is 0.427. The summed E-state index contributed by atoms with van der Waals surface area (Å²) >= 11 is 0. The van der Waals surface area contributed by atoms with Gasteiger partial charge < -0.3 is 19.5 Å². The highest BCUT2D eigenvalue weighted by atomic mass is 16.7. The summed E-state index contributed by atoms with van der Waals surface area (Å²) in [7, 11) is 0. The highest BCUT2D eigenvalue weighted by Gasteiger charge is 2.39. The SMILES string of the molecule is CCO[C@@H]1OC(C(=O)N2CCCCCCC2)=C[C@H](c2ccc3c(c2)Cc2ccccc2-3)[C@H]1CCCO. The van der Waals surface area contributed by atoms with Crippen LogP contribution in [0.5, 0.6) is 0 Å². The van der Waals surface area contributed by atoms with E-state index in [4.69, 9.17) is 9.47 Å². The summed E-state index contributed by atoms with van der Waals surface area (Å²) in [5.41, 5.74) is 6.51. The van der Waals surface area contributed by atoms with E-state index in [9.17, 15) is 9.90 Å². The van der Waals surface area contributed by atoms with Crippen molar-refractivity contribution in [2.45, 2.75) is 70.5 Å². The molecular weight excluding hydrogens is 450 g/mol. The molecule has 3 atom stereocenters. The van der Waals surface area contributed by atoms with Crippen molar-refractivity contribution in [2.24, 2.45) is 5.92 Å². The first-order chi connectivity index (χ1) is 17.7. The third-order valence-corrected chi connectivity index (χ3v) is 7.97. The average molecular weight is 490 g/mol. The molecule has 0 unspecified atom stereocenters. The molecule has 1 amide bonds. The van der Waals surface area contributed by atoms with Gasteiger partial charge in [0.2, 0.25) is 6.29 Å². The standard InChI is InChI=1S/C31H39NO4/c1-2-35-31-27(13-10-18-33)28(21-29(36-31)30(34)32-16-8-4-3-5-9-17-32)23-14-15-26-24(20-23)19-22-11-6-7-12-25(22)26/h6-7,11-12,14-15,20-21,27-28,31,33H,2-5,8-10,13,16-19H2,1H3/t27-,28-,31-/m1/s1. The third kappa shape index (κ3) is 5.23. The first-order valence-electron chi connectivity index (χ1n) is 13.8. The lowest BCUT2D eigenvalue weighted by Crippen LogP contribution is -2.41. The summed E-state index contributed by atoms with van der Waals surface area (Å²) in [6, 6.07) is 15.4. The van der Waals surface area contributed by atoms with E-state index in [0.717, 1.165) is 38.8 Å². The number of carbonyl (C=O) groups excluding carboxylic acids is 1. The number of benzene rings is 2. The summed E-state index contributed by atoms with van der Waals surface area (Å²) in [4.78, 5) is 15.6. The van der Waals surface area contributed by atoms with Gasteiger partial charge in [-0.2, -0.15) is 0 Å². The molecule has 192 valence electrons. The van der Waals surface area contributed by atoms with Crippen LogP contribution in [0, 0.1) is 5.92 Å². The summed E-state index contributed by atoms with van der Waals surface area (Å²) in [6.07, 6.45) is 9.61. The Balaban J connectivity index is 1.49. The maximum atomic E-state index is 13.6. The third-order valence-electron chi connectivity index (χ3n) is 7.97. The topological polar surface area (TPSA) is 59.0 Å². The highest BCUT2D eigenvalue weighted by molar-refractivity contribution is 5.92. The van der Waals surface area contributed by atoms with Crippen LogP contribution in [0.4, 0.5) is 0 Å². The highest BCUT2D eigenvalue weighted by Crippen LogP contribution is 2.43. The summed E-state index contributed by atoms with van der Waals surface area (Å²) in [6.45, 7) is 4.18. The Morgan fingerprint density at radius 1 is 1.03 bits per heavy atom. The molecule has 5 rings (SSSR count). The molecule has 36 heavy (non-hydrogen) atoms. The molecule has 0 radical (unpaired) electrons. The molecule has 0 spiro atoms. The van der Waals surface area contributed by atoms with Crippen molar-refractivity contribution in [1.82, 2.24) is 4.90 Å². The van der Waals surface area contributed by atoms with E-state index >= 15 is 0 Å². The maximum Gasteiger partial charge on any atom is 0.288 e. The monoisotopic (exact) mass is 489 g/mol. The molecule has 1 fully saturated rings. The van der Waals surface area contributed by atoms with Gasteiger partial charge in [-0.3, -0.25) is 4.79 Å². The van der Waals surface area contributed by atoms with Gasteiger partial charge in [0.1, 0.15) is 0 Å². The molecule has 0 saturated carbocycles. The Kier molecular flexibility index (Phi) is 8.08. The number of likely N-dealkylation sites (tertiary alicyclic amines) is 1. The molecule has 5 heteroatoms. The smallest absolute Gasteiger partial charge is 0.288 e. The van der Waals surface area contributed by atoms with Crippen LogP contribution in [0.3, 0.4) is 0 Å². The van der Waals surface area contributed by atoms with Crippen LogP contribution >= 0.6 is 0 Å². The molecule has 2 aromatic carbocycles. The zero-order valence-electron chi connectivity index (χ0n) is 21.5. The predicted molar refractivity (Wildman–Crippen MR) is 141 cm³/mol. The van der Waals surface area contributed by atoms with Gasteiger partial charge in [-0.1, -0.05) is 61.7 Å². The predicted octanol–water partition coefficient (Wildman–Crippen LogP) is 5.80. The second-order valence-electron chi connectivity index (χ2n) is 10.3. The van der Waals surface area contributed by atoms with Gasteiger partial charge in [-0.05, 0) is 72.9 Å². The Labute approximate surface area is 215 Å². The van der Waals surface area contributed by atoms with Crippen molar-refractivity contribution in [2.75, 3.05) is 26.3 Å². The van der Waals surface area contributed by atoms with Gasteiger partial charge >= 0.3 is 0 Å². The first kappa shape index (κ1) is 25.0. The van der Waals surface area contributed by atoms with E-state index in [2.05, 4.69) is 42.5 Å². The van der Waals surface area contributed by atoms with Crippen LogP contribution in [0.2, 0.25) is 0 Å². The van der Waals surface area contributed by atoms with Crippen LogP contribution in [0.15, 0.2) is 54.3 Å². The van der Waals surface area contributed by atoms with Crippen LogP contribution in [-0.2, 0) is 20.7 Å². The number of aliphatic hydroxyl groups excluding tert-OH is 1. The largest absolute Gasteiger partial charge is 0.459 e. The fourth-order valence-corrected chi connectivity index (χ4v) is 6.12. The Hall–Kier alpha value is -2.63. The number of allylic oxidation sites excluding steroid dienone is 1. The molecule has 1 N–H and O–H groups in total. The Morgan fingerprint density at radius 2 is 1.78 bits per heavy atom. The number of carbonyl (C=O) groups is 1. The quantitative estimate of drug-likeness (QED) is 0.456. The van der Waals surface area contributed by atoms with E-state index in [1.54, 1.807) is 0 Å². The summed E-state index contributed by atoms with van der Waals surface area (Å²) < 4.78 is 12.4. The van der Waals surface area contributed by atoms with Gasteiger partial charge in [-0.25, -0.2) is 0 Å². The first-order valence-corrected chi connectivity index (χ1v) is 13.8. The Bertz CT molecular complexity index is 1090. The van der Waals surface area contributed by atoms with Crippen molar-refractivity contribution in [3.8, 4) is 11.1 Å². The van der Waals surface area contributed by atoms with Crippen molar-refractivity contribution < 1.29 is 19.4 Å². The molecule has 5 nitrogen and oxygen atoms in total. The van der Waals surface area contributed by atoms with Gasteiger partial charge in [0, 0.05) is 38.1 Å². The van der Waals surface area contributed by atoms with Crippen LogP contribution in [-0.4, -0.2) is 48.5 Å². The molecule has 0 bridgehead atoms. The van der Waals surface area contributed by atoms with Crippen LogP contribution in [0.25, 0.3) is 11.1 Å². The van der Waals surface area contributed by atoms with Gasteiger partial charge in [0.15, 0.2) is 5.76 Å². The molecule has 2 heterocycles. The maximum absolute atomic E-state index is 13.6. The fourth-order valence-electron chi connectivity index (χ4n) is 6.12. The normalized spacial score (nSPS) is 23.7. The van der Waals surface area contributed by atoms with Gasteiger partial charge in [0.25, 0.3) is 5.91 Å². The number of hydrogen-bond donors (Lipinski definition) is 1. The minimum Gasteiger partial charge on any atom is -0.459 e.